The maximum absolute atomic E-state index is 13.3. The molecule has 2 saturated heterocycles. The predicted molar refractivity (Wildman–Crippen MR) is 117 cm³/mol. The molecule has 2 aliphatic rings. The van der Waals surface area contributed by atoms with E-state index in [0.717, 1.165) is 49.6 Å². The van der Waals surface area contributed by atoms with Crippen molar-refractivity contribution in [3.05, 3.63) is 54.5 Å². The first-order valence-corrected chi connectivity index (χ1v) is 10.8. The third-order valence-electron chi connectivity index (χ3n) is 6.41. The molecule has 1 atom stereocenters. The van der Waals surface area contributed by atoms with Crippen LogP contribution in [0, 0.1) is 5.92 Å². The van der Waals surface area contributed by atoms with Crippen LogP contribution in [-0.4, -0.2) is 65.6 Å². The first-order chi connectivity index (χ1) is 14.7. The van der Waals surface area contributed by atoms with E-state index in [2.05, 4.69) is 59.4 Å². The van der Waals surface area contributed by atoms with Gasteiger partial charge in [-0.05, 0) is 36.7 Å². The van der Waals surface area contributed by atoms with Gasteiger partial charge in [-0.15, -0.1) is 0 Å². The first kappa shape index (κ1) is 19.3. The Balaban J connectivity index is 1.42. The average Bonchev–Trinajstić information content (AvgIpc) is 3.29. The van der Waals surface area contributed by atoms with Gasteiger partial charge in [0.2, 0.25) is 5.91 Å². The minimum Gasteiger partial charge on any atom is -0.381 e. The molecule has 3 aromatic rings. The van der Waals surface area contributed by atoms with Gasteiger partial charge in [0, 0.05) is 44.3 Å². The van der Waals surface area contributed by atoms with E-state index in [1.54, 1.807) is 0 Å². The lowest BCUT2D eigenvalue weighted by atomic mass is 9.97. The fourth-order valence-electron chi connectivity index (χ4n) is 4.61. The van der Waals surface area contributed by atoms with Gasteiger partial charge >= 0.3 is 0 Å². The summed E-state index contributed by atoms with van der Waals surface area (Å²) in [6.07, 6.45) is 3.53. The SMILES string of the molecule is CN1CCN(C(=O)C2CCOCC2)C(c2ncc(-c3ccc4ccccc4c3)[nH]2)C1. The van der Waals surface area contributed by atoms with Crippen LogP contribution in [0.15, 0.2) is 48.7 Å². The molecule has 0 saturated carbocycles. The number of aromatic amines is 1. The van der Waals surface area contributed by atoms with Crippen molar-refractivity contribution in [2.75, 3.05) is 39.9 Å². The number of hydrogen-bond donors (Lipinski definition) is 1. The predicted octanol–water partition coefficient (Wildman–Crippen LogP) is 3.47. The molecule has 0 spiro atoms. The van der Waals surface area contributed by atoms with E-state index < -0.39 is 0 Å². The van der Waals surface area contributed by atoms with Gasteiger partial charge in [0.1, 0.15) is 11.9 Å². The van der Waals surface area contributed by atoms with Crippen molar-refractivity contribution in [1.82, 2.24) is 19.8 Å². The summed E-state index contributed by atoms with van der Waals surface area (Å²) in [5, 5.41) is 2.43. The van der Waals surface area contributed by atoms with Gasteiger partial charge < -0.3 is 19.5 Å². The number of piperazine rings is 1. The number of imidazole rings is 1. The highest BCUT2D eigenvalue weighted by molar-refractivity contribution is 5.86. The smallest absolute Gasteiger partial charge is 0.226 e. The maximum Gasteiger partial charge on any atom is 0.226 e. The fourth-order valence-corrected chi connectivity index (χ4v) is 4.61. The average molecular weight is 405 g/mol. The molecule has 0 radical (unpaired) electrons. The van der Waals surface area contributed by atoms with Gasteiger partial charge in [0.25, 0.3) is 0 Å². The monoisotopic (exact) mass is 404 g/mol. The third kappa shape index (κ3) is 3.73. The zero-order valence-corrected chi connectivity index (χ0v) is 17.4. The number of aromatic nitrogens is 2. The molecule has 6 heteroatoms. The minimum absolute atomic E-state index is 0.0479. The molecule has 156 valence electrons. The summed E-state index contributed by atoms with van der Waals surface area (Å²) in [6.45, 7) is 3.79. The second-order valence-electron chi connectivity index (χ2n) is 8.44. The topological polar surface area (TPSA) is 61.5 Å². The zero-order valence-electron chi connectivity index (χ0n) is 17.4. The van der Waals surface area contributed by atoms with Crippen molar-refractivity contribution in [2.45, 2.75) is 18.9 Å². The van der Waals surface area contributed by atoms with Crippen LogP contribution in [0.3, 0.4) is 0 Å². The summed E-state index contributed by atoms with van der Waals surface area (Å²) in [7, 11) is 2.11. The Morgan fingerprint density at radius 2 is 1.90 bits per heavy atom. The van der Waals surface area contributed by atoms with E-state index in [0.29, 0.717) is 13.2 Å². The van der Waals surface area contributed by atoms with Crippen molar-refractivity contribution in [1.29, 1.82) is 0 Å². The van der Waals surface area contributed by atoms with Crippen LogP contribution in [0.25, 0.3) is 22.0 Å². The number of carbonyl (C=O) groups is 1. The Hall–Kier alpha value is -2.70. The van der Waals surface area contributed by atoms with Crippen LogP contribution in [0.1, 0.15) is 24.7 Å². The number of ether oxygens (including phenoxy) is 1. The summed E-state index contributed by atoms with van der Waals surface area (Å²) in [4.78, 5) is 25.8. The molecule has 30 heavy (non-hydrogen) atoms. The van der Waals surface area contributed by atoms with Crippen molar-refractivity contribution >= 4 is 16.7 Å². The van der Waals surface area contributed by atoms with E-state index >= 15 is 0 Å². The fraction of sp³-hybridized carbons (Fsp3) is 0.417. The van der Waals surface area contributed by atoms with E-state index in [1.807, 2.05) is 11.1 Å². The molecule has 1 aromatic heterocycles. The first-order valence-electron chi connectivity index (χ1n) is 10.8. The summed E-state index contributed by atoms with van der Waals surface area (Å²) >= 11 is 0. The molecule has 1 N–H and O–H groups in total. The second-order valence-corrected chi connectivity index (χ2v) is 8.44. The number of rotatable bonds is 3. The Kier molecular flexibility index (Phi) is 5.27. The van der Waals surface area contributed by atoms with Gasteiger partial charge in [-0.2, -0.15) is 0 Å². The maximum atomic E-state index is 13.3. The van der Waals surface area contributed by atoms with Gasteiger partial charge in [0.15, 0.2) is 0 Å². The van der Waals surface area contributed by atoms with Crippen molar-refractivity contribution in [3.8, 4) is 11.3 Å². The van der Waals surface area contributed by atoms with Gasteiger partial charge in [-0.1, -0.05) is 36.4 Å². The third-order valence-corrected chi connectivity index (χ3v) is 6.41. The number of benzene rings is 2. The lowest BCUT2D eigenvalue weighted by Crippen LogP contribution is -2.51. The Morgan fingerprint density at radius 3 is 2.73 bits per heavy atom. The number of nitrogens with zero attached hydrogens (tertiary/aromatic N) is 3. The van der Waals surface area contributed by atoms with Gasteiger partial charge in [-0.25, -0.2) is 4.98 Å². The number of fused-ring (bicyclic) bond motifs is 1. The van der Waals surface area contributed by atoms with Crippen molar-refractivity contribution in [3.63, 3.8) is 0 Å². The second kappa shape index (κ2) is 8.20. The highest BCUT2D eigenvalue weighted by atomic mass is 16.5. The molecule has 1 amide bonds. The molecule has 0 aliphatic carbocycles. The Labute approximate surface area is 176 Å². The molecule has 5 rings (SSSR count). The van der Waals surface area contributed by atoms with Crippen LogP contribution < -0.4 is 0 Å². The summed E-state index contributed by atoms with van der Waals surface area (Å²) in [5.41, 5.74) is 2.10. The van der Waals surface area contributed by atoms with Crippen LogP contribution in [0.4, 0.5) is 0 Å². The summed E-state index contributed by atoms with van der Waals surface area (Å²) < 4.78 is 5.45. The van der Waals surface area contributed by atoms with Crippen molar-refractivity contribution < 1.29 is 9.53 Å². The number of nitrogens with one attached hydrogen (secondary N) is 1. The van der Waals surface area contributed by atoms with Crippen LogP contribution in [0.2, 0.25) is 0 Å². The molecular formula is C24H28N4O2. The lowest BCUT2D eigenvalue weighted by molar-refractivity contribution is -0.143. The lowest BCUT2D eigenvalue weighted by Gasteiger charge is -2.41. The Bertz CT molecular complexity index is 1040. The van der Waals surface area contributed by atoms with E-state index in [9.17, 15) is 4.79 Å². The summed E-state index contributed by atoms with van der Waals surface area (Å²) in [5.74, 6) is 1.18. The number of carbonyl (C=O) groups excluding carboxylic acids is 1. The molecule has 6 nitrogen and oxygen atoms in total. The number of likely N-dealkylation sites (N-methyl/N-ethyl adjacent to an activating group) is 1. The molecule has 2 aromatic carbocycles. The number of hydrogen-bond acceptors (Lipinski definition) is 4. The van der Waals surface area contributed by atoms with Crippen LogP contribution in [0.5, 0.6) is 0 Å². The number of amides is 1. The van der Waals surface area contributed by atoms with Crippen LogP contribution in [-0.2, 0) is 9.53 Å². The van der Waals surface area contributed by atoms with Gasteiger partial charge in [-0.3, -0.25) is 4.79 Å². The summed E-state index contributed by atoms with van der Waals surface area (Å²) in [6, 6.07) is 14.8. The molecular weight excluding hydrogens is 376 g/mol. The van der Waals surface area contributed by atoms with Crippen molar-refractivity contribution in [2.24, 2.45) is 5.92 Å². The molecule has 1 unspecified atom stereocenters. The van der Waals surface area contributed by atoms with Crippen LogP contribution >= 0.6 is 0 Å². The van der Waals surface area contributed by atoms with E-state index in [-0.39, 0.29) is 17.9 Å². The zero-order chi connectivity index (χ0) is 20.5. The number of H-pyrrole nitrogens is 1. The Morgan fingerprint density at radius 1 is 1.10 bits per heavy atom. The van der Waals surface area contributed by atoms with E-state index in [4.69, 9.17) is 9.72 Å². The highest BCUT2D eigenvalue weighted by Gasteiger charge is 2.36. The molecule has 0 bridgehead atoms. The van der Waals surface area contributed by atoms with E-state index in [1.165, 1.54) is 10.8 Å². The largest absolute Gasteiger partial charge is 0.381 e. The quantitative estimate of drug-likeness (QED) is 0.726. The molecule has 2 aliphatic heterocycles. The standard InChI is InChI=1S/C24H28N4O2/c1-27-10-11-28(24(29)18-8-12-30-13-9-18)22(16-27)23-25-15-21(26-23)20-7-6-17-4-2-3-5-19(17)14-20/h2-7,14-15,18,22H,8-13,16H2,1H3,(H,25,26). The molecule has 2 fully saturated rings. The highest BCUT2D eigenvalue weighted by Crippen LogP contribution is 2.30. The minimum atomic E-state index is -0.0479. The molecule has 3 heterocycles. The van der Waals surface area contributed by atoms with Gasteiger partial charge in [0.05, 0.1) is 11.9 Å². The normalized spacial score (nSPS) is 21.2.